The molecule has 0 bridgehead atoms. The minimum absolute atomic E-state index is 0.637. The van der Waals surface area contributed by atoms with Gasteiger partial charge in [-0.05, 0) is 163 Å². The van der Waals surface area contributed by atoms with Crippen molar-refractivity contribution in [2.75, 3.05) is 17.7 Å². The third-order valence-corrected chi connectivity index (χ3v) is 19.7. The molecule has 11 unspecified atom stereocenters. The van der Waals surface area contributed by atoms with Crippen LogP contribution in [-0.4, -0.2) is 17.7 Å². The zero-order valence-corrected chi connectivity index (χ0v) is 36.2. The Hall–Kier alpha value is 2.92. The van der Waals surface area contributed by atoms with Crippen molar-refractivity contribution in [2.45, 2.75) is 130 Å². The highest BCUT2D eigenvalue weighted by Gasteiger charge is 2.65. The van der Waals surface area contributed by atoms with E-state index in [2.05, 4.69) is 118 Å². The van der Waals surface area contributed by atoms with Crippen LogP contribution in [0.25, 0.3) is 0 Å². The maximum absolute atomic E-state index is 2.85. The van der Waals surface area contributed by atoms with Crippen LogP contribution in [0, 0.1) is 81.8 Å². The molecular formula is C38H64I4. The average molecular weight is 1030 g/mol. The molecule has 0 amide bonds. The van der Waals surface area contributed by atoms with Gasteiger partial charge >= 0.3 is 0 Å². The van der Waals surface area contributed by atoms with Gasteiger partial charge < -0.3 is 0 Å². The van der Waals surface area contributed by atoms with Gasteiger partial charge in [-0.15, -0.1) is 0 Å². The van der Waals surface area contributed by atoms with Gasteiger partial charge in [0.25, 0.3) is 0 Å². The first-order valence-electron chi connectivity index (χ1n) is 18.4. The van der Waals surface area contributed by atoms with Crippen LogP contribution in [0.2, 0.25) is 0 Å². The molecule has 5 aliphatic rings. The predicted octanol–water partition coefficient (Wildman–Crippen LogP) is 13.5. The smallest absolute Gasteiger partial charge is 0.00521 e. The van der Waals surface area contributed by atoms with E-state index in [1.165, 1.54) is 43.4 Å². The highest BCUT2D eigenvalue weighted by molar-refractivity contribution is 14.1. The molecule has 5 fully saturated rings. The molecule has 0 aromatic rings. The quantitative estimate of drug-likeness (QED) is 0.143. The molecule has 0 aliphatic heterocycles. The van der Waals surface area contributed by atoms with Gasteiger partial charge in [-0.3, -0.25) is 0 Å². The molecule has 5 rings (SSSR count). The molecular weight excluding hydrogens is 964 g/mol. The maximum Gasteiger partial charge on any atom is 0.00521 e. The summed E-state index contributed by atoms with van der Waals surface area (Å²) in [5, 5.41) is 0. The Labute approximate surface area is 316 Å². The van der Waals surface area contributed by atoms with Crippen molar-refractivity contribution in [2.24, 2.45) is 81.8 Å². The van der Waals surface area contributed by atoms with E-state index in [1.54, 1.807) is 77.0 Å². The summed E-state index contributed by atoms with van der Waals surface area (Å²) in [5.74, 6) is 12.1. The first-order valence-corrected chi connectivity index (χ1v) is 24.5. The van der Waals surface area contributed by atoms with Crippen molar-refractivity contribution in [1.82, 2.24) is 0 Å². The number of hydrogen-bond donors (Lipinski definition) is 0. The van der Waals surface area contributed by atoms with E-state index < -0.39 is 0 Å². The van der Waals surface area contributed by atoms with Gasteiger partial charge in [0.05, 0.1) is 0 Å². The molecule has 244 valence electrons. The second kappa shape index (κ2) is 16.1. The van der Waals surface area contributed by atoms with Gasteiger partial charge in [-0.2, -0.15) is 0 Å². The molecule has 0 saturated heterocycles. The zero-order valence-electron chi connectivity index (χ0n) is 27.6. The Morgan fingerprint density at radius 3 is 1.95 bits per heavy atom. The standard InChI is InChI=1S/C38H64I4/c1-25-14-36(38(20-25)27(3)28(38)4)15-29-7-5-10-37(24-42,11-6-8-29)21-34-18-33-19-35(23-41)30(9-12-39)16-32(33)17-31(34)13-26(2)22-40/h25-36H,5-24H2,1-4H3. The molecule has 11 atom stereocenters. The number of alkyl halides is 4. The maximum atomic E-state index is 2.85. The van der Waals surface area contributed by atoms with E-state index in [1.807, 2.05) is 0 Å². The van der Waals surface area contributed by atoms with Crippen molar-refractivity contribution in [3.05, 3.63) is 0 Å². The lowest BCUT2D eigenvalue weighted by Gasteiger charge is -2.51. The van der Waals surface area contributed by atoms with E-state index in [0.29, 0.717) is 5.41 Å². The van der Waals surface area contributed by atoms with Gasteiger partial charge in [-0.25, -0.2) is 0 Å². The van der Waals surface area contributed by atoms with Gasteiger partial charge in [-0.1, -0.05) is 144 Å². The summed E-state index contributed by atoms with van der Waals surface area (Å²) < 4.78 is 5.53. The Morgan fingerprint density at radius 2 is 1.38 bits per heavy atom. The van der Waals surface area contributed by atoms with E-state index in [9.17, 15) is 0 Å². The number of rotatable bonds is 11. The molecule has 5 saturated carbocycles. The minimum Gasteiger partial charge on any atom is -0.0864 e. The largest absolute Gasteiger partial charge is 0.0864 e. The molecule has 4 heteroatoms. The summed E-state index contributed by atoms with van der Waals surface area (Å²) in [6.07, 6.45) is 24.8. The molecule has 42 heavy (non-hydrogen) atoms. The van der Waals surface area contributed by atoms with Crippen LogP contribution in [0.5, 0.6) is 0 Å². The molecule has 0 nitrogen and oxygen atoms in total. The number of hydrogen-bond acceptors (Lipinski definition) is 0. The second-order valence-electron chi connectivity index (χ2n) is 17.3. The third kappa shape index (κ3) is 8.03. The Balaban J connectivity index is 1.22. The molecule has 1 spiro atoms. The van der Waals surface area contributed by atoms with E-state index in [-0.39, 0.29) is 0 Å². The first kappa shape index (κ1) is 36.2. The molecule has 0 radical (unpaired) electrons. The van der Waals surface area contributed by atoms with Crippen LogP contribution in [0.15, 0.2) is 0 Å². The fraction of sp³-hybridized carbons (Fsp3) is 1.00. The van der Waals surface area contributed by atoms with Crippen molar-refractivity contribution in [3.63, 3.8) is 0 Å². The second-order valence-corrected chi connectivity index (χ2v) is 20.9. The molecule has 0 aromatic carbocycles. The van der Waals surface area contributed by atoms with Gasteiger partial charge in [0.15, 0.2) is 0 Å². The normalized spacial score (nSPS) is 48.4. The Kier molecular flexibility index (Phi) is 13.9. The van der Waals surface area contributed by atoms with E-state index in [4.69, 9.17) is 0 Å². The highest BCUT2D eigenvalue weighted by atomic mass is 127. The summed E-state index contributed by atoms with van der Waals surface area (Å²) in [5.41, 5.74) is 1.39. The van der Waals surface area contributed by atoms with Gasteiger partial charge in [0.1, 0.15) is 0 Å². The van der Waals surface area contributed by atoms with Gasteiger partial charge in [0, 0.05) is 13.3 Å². The summed E-state index contributed by atoms with van der Waals surface area (Å²) >= 11 is 10.9. The fourth-order valence-corrected chi connectivity index (χ4v) is 15.7. The lowest BCUT2D eigenvalue weighted by Crippen LogP contribution is -2.42. The lowest BCUT2D eigenvalue weighted by atomic mass is 9.55. The Bertz CT molecular complexity index is 825. The monoisotopic (exact) mass is 1030 g/mol. The third-order valence-electron chi connectivity index (χ3n) is 14.8. The molecule has 0 heterocycles. The van der Waals surface area contributed by atoms with Crippen molar-refractivity contribution >= 4 is 90.4 Å². The zero-order chi connectivity index (χ0) is 30.1. The van der Waals surface area contributed by atoms with Crippen LogP contribution in [0.4, 0.5) is 0 Å². The average Bonchev–Trinajstić information content (AvgIpc) is 3.29. The topological polar surface area (TPSA) is 0 Å². The van der Waals surface area contributed by atoms with Crippen LogP contribution < -0.4 is 0 Å². The first-order chi connectivity index (χ1) is 20.2. The molecule has 0 aromatic heterocycles. The van der Waals surface area contributed by atoms with Crippen molar-refractivity contribution < 1.29 is 0 Å². The lowest BCUT2D eigenvalue weighted by molar-refractivity contribution is 0.00460. The van der Waals surface area contributed by atoms with Crippen LogP contribution in [0.1, 0.15) is 130 Å². The Morgan fingerprint density at radius 1 is 0.762 bits per heavy atom. The number of halogens is 4. The number of fused-ring (bicyclic) bond motifs is 1. The van der Waals surface area contributed by atoms with Crippen LogP contribution >= 0.6 is 90.4 Å². The van der Waals surface area contributed by atoms with Crippen LogP contribution in [0.3, 0.4) is 0 Å². The summed E-state index contributed by atoms with van der Waals surface area (Å²) in [6.45, 7) is 10.3. The van der Waals surface area contributed by atoms with Gasteiger partial charge in [0.2, 0.25) is 0 Å². The summed E-state index contributed by atoms with van der Waals surface area (Å²) in [6, 6.07) is 0. The SMILES string of the molecule is CC(CI)CC1CC2CC(CCI)C(CI)CC2CC1CC1(CI)CCCC(CC2CC(C)CC23C(C)C3C)CCC1. The highest BCUT2D eigenvalue weighted by Crippen LogP contribution is 2.72. The summed E-state index contributed by atoms with van der Waals surface area (Å²) in [4.78, 5) is 0. The van der Waals surface area contributed by atoms with Crippen molar-refractivity contribution in [1.29, 1.82) is 0 Å². The summed E-state index contributed by atoms with van der Waals surface area (Å²) in [7, 11) is 0. The van der Waals surface area contributed by atoms with E-state index in [0.717, 1.165) is 76.4 Å². The minimum atomic E-state index is 0.637. The van der Waals surface area contributed by atoms with E-state index >= 15 is 0 Å². The fourth-order valence-electron chi connectivity index (χ4n) is 12.4. The molecule has 5 aliphatic carbocycles. The predicted molar refractivity (Wildman–Crippen MR) is 219 cm³/mol. The molecule has 0 N–H and O–H groups in total. The van der Waals surface area contributed by atoms with Crippen LogP contribution in [-0.2, 0) is 0 Å². The van der Waals surface area contributed by atoms with Crippen molar-refractivity contribution in [3.8, 4) is 0 Å².